The molecule has 150 valence electrons. The predicted molar refractivity (Wildman–Crippen MR) is 118 cm³/mol. The van der Waals surface area contributed by atoms with Crippen LogP contribution >= 0.6 is 0 Å². The van der Waals surface area contributed by atoms with E-state index in [1.165, 1.54) is 6.07 Å². The van der Waals surface area contributed by atoms with Gasteiger partial charge in [-0.3, -0.25) is 4.98 Å². The molecule has 0 radical (unpaired) electrons. The van der Waals surface area contributed by atoms with Crippen LogP contribution in [-0.4, -0.2) is 21.5 Å². The number of benzene rings is 2. The molecule has 0 fully saturated rings. The van der Waals surface area contributed by atoms with Gasteiger partial charge in [0.25, 0.3) is 0 Å². The van der Waals surface area contributed by atoms with Crippen molar-refractivity contribution in [2.45, 2.75) is 13.0 Å². The molecule has 0 saturated carbocycles. The summed E-state index contributed by atoms with van der Waals surface area (Å²) >= 11 is 0. The molecule has 0 aliphatic rings. The Morgan fingerprint density at radius 3 is 2.23 bits per heavy atom. The van der Waals surface area contributed by atoms with Gasteiger partial charge in [-0.15, -0.1) is 0 Å². The minimum absolute atomic E-state index is 0.188. The Hall–Kier alpha value is -3.80. The summed E-state index contributed by atoms with van der Waals surface area (Å²) in [4.78, 5) is 13.4. The molecule has 30 heavy (non-hydrogen) atoms. The average molecular weight is 399 g/mol. The molecule has 0 atom stereocenters. The van der Waals surface area contributed by atoms with E-state index in [-0.39, 0.29) is 5.82 Å². The molecule has 2 heterocycles. The number of halogens is 1. The van der Waals surface area contributed by atoms with Crippen molar-refractivity contribution < 1.29 is 4.39 Å². The van der Waals surface area contributed by atoms with Crippen LogP contribution in [0.5, 0.6) is 0 Å². The third kappa shape index (κ3) is 5.17. The number of aromatic nitrogens is 3. The van der Waals surface area contributed by atoms with Crippen molar-refractivity contribution in [2.75, 3.05) is 17.2 Å². The van der Waals surface area contributed by atoms with E-state index in [0.717, 1.165) is 11.1 Å². The Morgan fingerprint density at radius 2 is 1.47 bits per heavy atom. The fourth-order valence-electron chi connectivity index (χ4n) is 3.06. The van der Waals surface area contributed by atoms with Gasteiger partial charge in [0.15, 0.2) is 5.82 Å². The highest BCUT2D eigenvalue weighted by atomic mass is 19.1. The van der Waals surface area contributed by atoms with Crippen molar-refractivity contribution in [2.24, 2.45) is 0 Å². The molecule has 0 spiro atoms. The second-order valence-corrected chi connectivity index (χ2v) is 6.81. The van der Waals surface area contributed by atoms with Crippen LogP contribution in [0.4, 0.5) is 16.0 Å². The highest BCUT2D eigenvalue weighted by Gasteiger charge is 2.08. The molecular weight excluding hydrogens is 377 g/mol. The third-order valence-corrected chi connectivity index (χ3v) is 4.64. The summed E-state index contributed by atoms with van der Waals surface area (Å²) in [7, 11) is 0. The maximum Gasteiger partial charge on any atom is 0.163 e. The van der Waals surface area contributed by atoms with Crippen molar-refractivity contribution in [3.8, 4) is 11.4 Å². The summed E-state index contributed by atoms with van der Waals surface area (Å²) in [6, 6.07) is 22.4. The van der Waals surface area contributed by atoms with Crippen LogP contribution in [0.2, 0.25) is 0 Å². The summed E-state index contributed by atoms with van der Waals surface area (Å²) in [6.07, 6.45) is 4.10. The monoisotopic (exact) mass is 399 g/mol. The molecule has 0 saturated heterocycles. The summed E-state index contributed by atoms with van der Waals surface area (Å²) in [5, 5.41) is 6.65. The Labute approximate surface area is 175 Å². The van der Waals surface area contributed by atoms with Gasteiger partial charge < -0.3 is 10.6 Å². The van der Waals surface area contributed by atoms with Crippen molar-refractivity contribution in [1.82, 2.24) is 15.0 Å². The lowest BCUT2D eigenvalue weighted by Crippen LogP contribution is -2.10. The molecular formula is C24H22FN5. The highest BCUT2D eigenvalue weighted by molar-refractivity contribution is 5.61. The zero-order valence-corrected chi connectivity index (χ0v) is 16.4. The fourth-order valence-corrected chi connectivity index (χ4v) is 3.06. The van der Waals surface area contributed by atoms with E-state index < -0.39 is 0 Å². The summed E-state index contributed by atoms with van der Waals surface area (Å²) < 4.78 is 13.9. The third-order valence-electron chi connectivity index (χ3n) is 4.64. The Bertz CT molecular complexity index is 1090. The van der Waals surface area contributed by atoms with Gasteiger partial charge in [0.2, 0.25) is 0 Å². The van der Waals surface area contributed by atoms with E-state index in [9.17, 15) is 4.39 Å². The second-order valence-electron chi connectivity index (χ2n) is 6.81. The van der Waals surface area contributed by atoms with Gasteiger partial charge in [-0.25, -0.2) is 14.4 Å². The lowest BCUT2D eigenvalue weighted by Gasteiger charge is -2.12. The second kappa shape index (κ2) is 9.60. The number of rotatable bonds is 8. The van der Waals surface area contributed by atoms with Crippen LogP contribution in [0.15, 0.2) is 85.2 Å². The summed E-state index contributed by atoms with van der Waals surface area (Å²) in [5.41, 5.74) is 2.72. The van der Waals surface area contributed by atoms with Crippen LogP contribution in [0.1, 0.15) is 11.1 Å². The molecule has 0 amide bonds. The smallest absolute Gasteiger partial charge is 0.163 e. The molecule has 5 nitrogen and oxygen atoms in total. The van der Waals surface area contributed by atoms with Crippen molar-refractivity contribution >= 4 is 11.6 Å². The molecule has 2 N–H and O–H groups in total. The van der Waals surface area contributed by atoms with Crippen LogP contribution < -0.4 is 10.6 Å². The van der Waals surface area contributed by atoms with E-state index in [4.69, 9.17) is 0 Å². The first-order chi connectivity index (χ1) is 14.8. The first kappa shape index (κ1) is 19.5. The first-order valence-electron chi connectivity index (χ1n) is 9.82. The highest BCUT2D eigenvalue weighted by Crippen LogP contribution is 2.21. The molecule has 4 rings (SSSR count). The van der Waals surface area contributed by atoms with Gasteiger partial charge in [-0.2, -0.15) is 0 Å². The van der Waals surface area contributed by atoms with Crippen LogP contribution in [0.3, 0.4) is 0 Å². The topological polar surface area (TPSA) is 62.7 Å². The number of nitrogens with zero attached hydrogens (tertiary/aromatic N) is 3. The minimum Gasteiger partial charge on any atom is -0.370 e. The maximum absolute atomic E-state index is 13.9. The molecule has 0 bridgehead atoms. The lowest BCUT2D eigenvalue weighted by molar-refractivity contribution is 0.610. The zero-order chi connectivity index (χ0) is 20.6. The summed E-state index contributed by atoms with van der Waals surface area (Å²) in [6.45, 7) is 1.19. The van der Waals surface area contributed by atoms with E-state index in [1.54, 1.807) is 24.5 Å². The van der Waals surface area contributed by atoms with Gasteiger partial charge in [-0.05, 0) is 35.7 Å². The number of pyridine rings is 1. The molecule has 0 aliphatic carbocycles. The van der Waals surface area contributed by atoms with E-state index in [2.05, 4.69) is 25.6 Å². The SMILES string of the molecule is Fc1ccccc1CCNc1cc(NCc2ccncc2)nc(-c2ccccc2)n1. The minimum atomic E-state index is -0.188. The van der Waals surface area contributed by atoms with Crippen LogP contribution in [-0.2, 0) is 13.0 Å². The number of hydrogen-bond donors (Lipinski definition) is 2. The predicted octanol–water partition coefficient (Wildman–Crippen LogP) is 4.94. The summed E-state index contributed by atoms with van der Waals surface area (Å²) in [5.74, 6) is 1.85. The van der Waals surface area contributed by atoms with Crippen molar-refractivity contribution in [1.29, 1.82) is 0 Å². The Balaban J connectivity index is 1.51. The molecule has 6 heteroatoms. The van der Waals surface area contributed by atoms with E-state index in [1.807, 2.05) is 54.6 Å². The van der Waals surface area contributed by atoms with Crippen LogP contribution in [0.25, 0.3) is 11.4 Å². The lowest BCUT2D eigenvalue weighted by atomic mass is 10.1. The number of hydrogen-bond acceptors (Lipinski definition) is 5. The Kier molecular flexibility index (Phi) is 6.25. The molecule has 0 unspecified atom stereocenters. The molecule has 2 aromatic carbocycles. The maximum atomic E-state index is 13.9. The van der Waals surface area contributed by atoms with Crippen LogP contribution in [0, 0.1) is 5.82 Å². The van der Waals surface area contributed by atoms with Gasteiger partial charge in [-0.1, -0.05) is 48.5 Å². The molecule has 2 aromatic heterocycles. The van der Waals surface area contributed by atoms with Crippen molar-refractivity contribution in [3.63, 3.8) is 0 Å². The molecule has 0 aliphatic heterocycles. The normalized spacial score (nSPS) is 10.6. The first-order valence-corrected chi connectivity index (χ1v) is 9.82. The van der Waals surface area contributed by atoms with Gasteiger partial charge >= 0.3 is 0 Å². The Morgan fingerprint density at radius 1 is 0.767 bits per heavy atom. The average Bonchev–Trinajstić information content (AvgIpc) is 2.80. The van der Waals surface area contributed by atoms with E-state index in [0.29, 0.717) is 42.5 Å². The zero-order valence-electron chi connectivity index (χ0n) is 16.4. The van der Waals surface area contributed by atoms with E-state index >= 15 is 0 Å². The number of anilines is 2. The number of nitrogens with one attached hydrogen (secondary N) is 2. The van der Waals surface area contributed by atoms with Gasteiger partial charge in [0, 0.05) is 37.1 Å². The van der Waals surface area contributed by atoms with Gasteiger partial charge in [0.1, 0.15) is 17.5 Å². The quantitative estimate of drug-likeness (QED) is 0.439. The molecule has 4 aromatic rings. The standard InChI is InChI=1S/C24H22FN5/c25-21-9-5-4-6-19(21)12-15-27-22-16-23(28-17-18-10-13-26-14-11-18)30-24(29-22)20-7-2-1-3-8-20/h1-11,13-14,16H,12,15,17H2,(H2,27,28,29,30). The fraction of sp³-hybridized carbons (Fsp3) is 0.125. The van der Waals surface area contributed by atoms with Crippen molar-refractivity contribution in [3.05, 3.63) is 102 Å². The largest absolute Gasteiger partial charge is 0.370 e. The van der Waals surface area contributed by atoms with Gasteiger partial charge in [0.05, 0.1) is 0 Å².